The second-order valence-corrected chi connectivity index (χ2v) is 22.0. The van der Waals surface area contributed by atoms with E-state index in [4.69, 9.17) is 14.2 Å². The predicted molar refractivity (Wildman–Crippen MR) is 353 cm³/mol. The second kappa shape index (κ2) is 68.1. The molecule has 0 rings (SSSR count). The van der Waals surface area contributed by atoms with Crippen molar-refractivity contribution < 1.29 is 28.6 Å². The lowest BCUT2D eigenvalue weighted by Crippen LogP contribution is -2.30. The summed E-state index contributed by atoms with van der Waals surface area (Å²) in [6, 6.07) is 0. The van der Waals surface area contributed by atoms with E-state index in [0.717, 1.165) is 141 Å². The molecule has 0 saturated carbocycles. The Hall–Kier alpha value is -4.45. The summed E-state index contributed by atoms with van der Waals surface area (Å²) in [5.41, 5.74) is 0. The van der Waals surface area contributed by atoms with Gasteiger partial charge in [-0.3, -0.25) is 14.4 Å². The molecule has 1 atom stereocenters. The monoisotopic (exact) mass is 1120 g/mol. The molecule has 0 spiro atoms. The summed E-state index contributed by atoms with van der Waals surface area (Å²) in [6.45, 7) is 6.47. The van der Waals surface area contributed by atoms with Crippen LogP contribution in [0.15, 0.2) is 134 Å². The summed E-state index contributed by atoms with van der Waals surface area (Å²) in [4.78, 5) is 38.4. The van der Waals surface area contributed by atoms with Crippen molar-refractivity contribution in [1.29, 1.82) is 0 Å². The molecule has 0 fully saturated rings. The van der Waals surface area contributed by atoms with E-state index >= 15 is 0 Å². The molecule has 0 bridgehead atoms. The standard InChI is InChI=1S/C75H124O6/c1-4-7-10-13-16-19-22-25-27-29-31-32-33-34-35-36-37-38-39-40-41-42-44-45-47-50-53-56-59-62-65-68-74(77)80-71-72(70-79-73(76)67-64-61-58-55-52-49-24-21-18-15-12-9-6-3)81-75(78)69-66-63-60-57-54-51-48-46-43-30-28-26-23-20-17-14-11-8-5-2/h7,10,16-17,19-21,24-28,31-32,34-35,37-38,40-41,43,46,72H,4-6,8-9,11-15,18,22-23,29-30,33,36,39,42,44-45,47-71H2,1-3H3/b10-7-,19-16-,20-17-,24-21-,27-25-,28-26-,32-31-,35-34-,38-37-,41-40-,46-43-. The Morgan fingerprint density at radius 3 is 0.790 bits per heavy atom. The molecule has 0 aliphatic rings. The van der Waals surface area contributed by atoms with E-state index in [1.807, 2.05) is 0 Å². The number of rotatable bonds is 60. The predicted octanol–water partition coefficient (Wildman–Crippen LogP) is 23.3. The van der Waals surface area contributed by atoms with Gasteiger partial charge in [0.15, 0.2) is 6.10 Å². The lowest BCUT2D eigenvalue weighted by atomic mass is 10.1. The van der Waals surface area contributed by atoms with Crippen LogP contribution in [-0.2, 0) is 28.6 Å². The van der Waals surface area contributed by atoms with Crippen LogP contribution in [0.1, 0.15) is 303 Å². The minimum absolute atomic E-state index is 0.0916. The van der Waals surface area contributed by atoms with Gasteiger partial charge in [-0.05, 0) is 141 Å². The molecule has 0 aromatic heterocycles. The summed E-state index contributed by atoms with van der Waals surface area (Å²) >= 11 is 0. The molecule has 0 radical (unpaired) electrons. The molecule has 0 aromatic carbocycles. The molecule has 0 heterocycles. The van der Waals surface area contributed by atoms with Crippen LogP contribution in [0.4, 0.5) is 0 Å². The molecule has 6 nitrogen and oxygen atoms in total. The van der Waals surface area contributed by atoms with Gasteiger partial charge in [-0.25, -0.2) is 0 Å². The van der Waals surface area contributed by atoms with E-state index in [1.54, 1.807) is 0 Å². The average molecular weight is 1120 g/mol. The SMILES string of the molecule is CC/C=C\C/C=C\C/C=C\C/C=C\C/C=C\C/C=C\C/C=C\CCCCCCCCCCCC(=O)OCC(COC(=O)CCCCCCC/C=C\CCCCCC)OC(=O)CCCCCCCC/C=C\C/C=C\C/C=C\CCCCC. The summed E-state index contributed by atoms with van der Waals surface area (Å²) in [6.07, 6.45) is 96.0. The van der Waals surface area contributed by atoms with Gasteiger partial charge in [-0.1, -0.05) is 276 Å². The molecular weight excluding hydrogens is 997 g/mol. The minimum atomic E-state index is -0.796. The number of ether oxygens (including phenoxy) is 3. The number of esters is 3. The Kier molecular flexibility index (Phi) is 64.3. The van der Waals surface area contributed by atoms with Crippen molar-refractivity contribution in [3.05, 3.63) is 134 Å². The van der Waals surface area contributed by atoms with Crippen molar-refractivity contribution in [3.8, 4) is 0 Å². The highest BCUT2D eigenvalue weighted by Gasteiger charge is 2.19. The Morgan fingerprint density at radius 2 is 0.481 bits per heavy atom. The van der Waals surface area contributed by atoms with Crippen molar-refractivity contribution >= 4 is 17.9 Å². The third kappa shape index (κ3) is 66.2. The Morgan fingerprint density at radius 1 is 0.259 bits per heavy atom. The van der Waals surface area contributed by atoms with Gasteiger partial charge >= 0.3 is 17.9 Å². The molecule has 0 aliphatic heterocycles. The largest absolute Gasteiger partial charge is 0.462 e. The number of allylic oxidation sites excluding steroid dienone is 22. The van der Waals surface area contributed by atoms with Gasteiger partial charge in [0.25, 0.3) is 0 Å². The third-order valence-electron chi connectivity index (χ3n) is 14.1. The first kappa shape index (κ1) is 76.5. The zero-order valence-corrected chi connectivity index (χ0v) is 52.8. The number of carbonyl (C=O) groups excluding carboxylic acids is 3. The van der Waals surface area contributed by atoms with Crippen LogP contribution in [-0.4, -0.2) is 37.2 Å². The topological polar surface area (TPSA) is 78.9 Å². The van der Waals surface area contributed by atoms with E-state index in [0.29, 0.717) is 19.3 Å². The van der Waals surface area contributed by atoms with Crippen LogP contribution in [0.25, 0.3) is 0 Å². The van der Waals surface area contributed by atoms with Crippen molar-refractivity contribution in [1.82, 2.24) is 0 Å². The van der Waals surface area contributed by atoms with Crippen LogP contribution < -0.4 is 0 Å². The average Bonchev–Trinajstić information content (AvgIpc) is 3.46. The number of hydrogen-bond donors (Lipinski definition) is 0. The summed E-state index contributed by atoms with van der Waals surface area (Å²) < 4.78 is 16.9. The van der Waals surface area contributed by atoms with Gasteiger partial charge in [0.2, 0.25) is 0 Å². The van der Waals surface area contributed by atoms with Gasteiger partial charge < -0.3 is 14.2 Å². The van der Waals surface area contributed by atoms with Crippen molar-refractivity contribution in [2.45, 2.75) is 309 Å². The lowest BCUT2D eigenvalue weighted by Gasteiger charge is -2.18. The first-order chi connectivity index (χ1) is 40.0. The van der Waals surface area contributed by atoms with Crippen molar-refractivity contribution in [2.24, 2.45) is 0 Å². The van der Waals surface area contributed by atoms with Crippen LogP contribution in [0.5, 0.6) is 0 Å². The van der Waals surface area contributed by atoms with Crippen LogP contribution in [0.3, 0.4) is 0 Å². The fourth-order valence-electron chi connectivity index (χ4n) is 9.07. The lowest BCUT2D eigenvalue weighted by molar-refractivity contribution is -0.167. The van der Waals surface area contributed by atoms with Crippen LogP contribution in [0.2, 0.25) is 0 Å². The maximum atomic E-state index is 12.9. The minimum Gasteiger partial charge on any atom is -0.462 e. The van der Waals surface area contributed by atoms with Gasteiger partial charge in [0.1, 0.15) is 13.2 Å². The summed E-state index contributed by atoms with van der Waals surface area (Å²) in [5.74, 6) is -0.914. The van der Waals surface area contributed by atoms with E-state index < -0.39 is 6.10 Å². The zero-order chi connectivity index (χ0) is 58.5. The molecule has 6 heteroatoms. The Bertz CT molecular complexity index is 1720. The molecule has 81 heavy (non-hydrogen) atoms. The molecular formula is C75H124O6. The maximum Gasteiger partial charge on any atom is 0.306 e. The Labute approximate surface area is 500 Å². The highest BCUT2D eigenvalue weighted by Crippen LogP contribution is 2.15. The van der Waals surface area contributed by atoms with E-state index in [-0.39, 0.29) is 31.1 Å². The highest BCUT2D eigenvalue weighted by atomic mass is 16.6. The van der Waals surface area contributed by atoms with Gasteiger partial charge in [0.05, 0.1) is 0 Å². The van der Waals surface area contributed by atoms with Gasteiger partial charge in [-0.15, -0.1) is 0 Å². The maximum absolute atomic E-state index is 12.9. The molecule has 0 aromatic rings. The highest BCUT2D eigenvalue weighted by molar-refractivity contribution is 5.71. The molecule has 0 amide bonds. The van der Waals surface area contributed by atoms with E-state index in [1.165, 1.54) is 122 Å². The van der Waals surface area contributed by atoms with Crippen LogP contribution >= 0.6 is 0 Å². The first-order valence-electron chi connectivity index (χ1n) is 33.7. The molecule has 1 unspecified atom stereocenters. The van der Waals surface area contributed by atoms with Crippen LogP contribution in [0, 0.1) is 0 Å². The fourth-order valence-corrected chi connectivity index (χ4v) is 9.07. The molecule has 0 N–H and O–H groups in total. The van der Waals surface area contributed by atoms with E-state index in [9.17, 15) is 14.4 Å². The summed E-state index contributed by atoms with van der Waals surface area (Å²) in [5, 5.41) is 0. The third-order valence-corrected chi connectivity index (χ3v) is 14.1. The normalized spacial score (nSPS) is 13.0. The smallest absolute Gasteiger partial charge is 0.306 e. The first-order valence-corrected chi connectivity index (χ1v) is 33.7. The Balaban J connectivity index is 4.33. The van der Waals surface area contributed by atoms with Gasteiger partial charge in [0, 0.05) is 19.3 Å². The van der Waals surface area contributed by atoms with E-state index in [2.05, 4.69) is 154 Å². The van der Waals surface area contributed by atoms with Gasteiger partial charge in [-0.2, -0.15) is 0 Å². The quantitative estimate of drug-likeness (QED) is 0.0261. The fraction of sp³-hybridized carbons (Fsp3) is 0.667. The van der Waals surface area contributed by atoms with Crippen molar-refractivity contribution in [2.75, 3.05) is 13.2 Å². The molecule has 0 saturated heterocycles. The van der Waals surface area contributed by atoms with Crippen molar-refractivity contribution in [3.63, 3.8) is 0 Å². The number of unbranched alkanes of at least 4 members (excludes halogenated alkanes) is 27. The number of hydrogen-bond acceptors (Lipinski definition) is 6. The molecule has 460 valence electrons. The summed E-state index contributed by atoms with van der Waals surface area (Å²) in [7, 11) is 0. The number of carbonyl (C=O) groups is 3. The second-order valence-electron chi connectivity index (χ2n) is 22.0. The zero-order valence-electron chi connectivity index (χ0n) is 52.8. The molecule has 0 aliphatic carbocycles.